The molecule has 0 N–H and O–H groups in total. The second-order valence-electron chi connectivity index (χ2n) is 8.25. The number of hydrogen-bond acceptors (Lipinski definition) is 0. The maximum absolute atomic E-state index is 2.58. The van der Waals surface area contributed by atoms with E-state index in [1.165, 1.54) is 45.3 Å². The van der Waals surface area contributed by atoms with Gasteiger partial charge in [-0.15, -0.1) is 0 Å². The van der Waals surface area contributed by atoms with Gasteiger partial charge in [-0.3, -0.25) is 0 Å². The van der Waals surface area contributed by atoms with Crippen LogP contribution < -0.4 is 10.6 Å². The van der Waals surface area contributed by atoms with Gasteiger partial charge in [-0.1, -0.05) is 80.9 Å². The van der Waals surface area contributed by atoms with Gasteiger partial charge in [0.25, 0.3) is 0 Å². The molecule has 1 atom stereocenters. The molecule has 1 heterocycles. The molecule has 27 heavy (non-hydrogen) atoms. The van der Waals surface area contributed by atoms with E-state index in [-0.39, 0.29) is 0 Å². The summed E-state index contributed by atoms with van der Waals surface area (Å²) in [5.41, 5.74) is 3.03. The van der Waals surface area contributed by atoms with Crippen LogP contribution in [0.2, 0.25) is 0 Å². The minimum absolute atomic E-state index is 0.750. The number of fused-ring (bicyclic) bond motifs is 7. The van der Waals surface area contributed by atoms with Crippen molar-refractivity contribution < 1.29 is 0 Å². The Morgan fingerprint density at radius 2 is 1.19 bits per heavy atom. The van der Waals surface area contributed by atoms with Crippen LogP contribution in [0.15, 0.2) is 72.8 Å². The van der Waals surface area contributed by atoms with E-state index >= 15 is 0 Å². The van der Waals surface area contributed by atoms with Crippen LogP contribution in [-0.2, 0) is 0 Å². The molecule has 0 amide bonds. The topological polar surface area (TPSA) is 0 Å². The van der Waals surface area contributed by atoms with Gasteiger partial charge in [0.05, 0.1) is 20.1 Å². The summed E-state index contributed by atoms with van der Waals surface area (Å²) >= 11 is 0. The van der Waals surface area contributed by atoms with E-state index in [0.717, 1.165) is 5.92 Å². The van der Waals surface area contributed by atoms with Gasteiger partial charge in [-0.25, -0.2) is 0 Å². The summed E-state index contributed by atoms with van der Waals surface area (Å²) in [7, 11) is -1.38. The molecule has 4 aromatic rings. The second kappa shape index (κ2) is 6.18. The van der Waals surface area contributed by atoms with E-state index in [4.69, 9.17) is 0 Å². The van der Waals surface area contributed by atoms with E-state index in [2.05, 4.69) is 93.3 Å². The van der Waals surface area contributed by atoms with Crippen LogP contribution >= 0.6 is 7.26 Å². The average Bonchev–Trinajstić information content (AvgIpc) is 2.97. The Bertz CT molecular complexity index is 1090. The highest BCUT2D eigenvalue weighted by molar-refractivity contribution is 7.90. The highest BCUT2D eigenvalue weighted by atomic mass is 31.2. The van der Waals surface area contributed by atoms with Crippen molar-refractivity contribution in [1.82, 2.24) is 0 Å². The molecule has 4 aromatic carbocycles. The maximum Gasteiger partial charge on any atom is 0.107 e. The third-order valence-corrected chi connectivity index (χ3v) is 10.7. The molecule has 0 radical (unpaired) electrons. The van der Waals surface area contributed by atoms with E-state index < -0.39 is 7.26 Å². The van der Waals surface area contributed by atoms with Crippen molar-refractivity contribution in [2.45, 2.75) is 20.3 Å². The van der Waals surface area contributed by atoms with Gasteiger partial charge >= 0.3 is 0 Å². The normalized spacial score (nSPS) is 15.7. The quantitative estimate of drug-likeness (QED) is 0.356. The molecule has 134 valence electrons. The Morgan fingerprint density at radius 3 is 1.67 bits per heavy atom. The summed E-state index contributed by atoms with van der Waals surface area (Å²) in [5.74, 6) is 0.750. The minimum atomic E-state index is -1.38. The van der Waals surface area contributed by atoms with Crippen molar-refractivity contribution in [3.63, 3.8) is 0 Å². The molecule has 1 aliphatic heterocycles. The standard InChI is InChI=1S/C26H26P/c1-4-18(2)17-27(3)23-15-13-19-9-5-7-11-21(19)25(23)26-22-12-8-6-10-20(22)14-16-24(26)27/h5-16,18H,4,17H2,1-3H3/q+1/t18-/m0/s1. The van der Waals surface area contributed by atoms with Crippen molar-refractivity contribution in [3.8, 4) is 11.1 Å². The molecule has 1 heteroatoms. The first-order valence-corrected chi connectivity index (χ1v) is 12.5. The molecule has 0 aliphatic carbocycles. The molecular weight excluding hydrogens is 343 g/mol. The first-order valence-electron chi connectivity index (χ1n) is 10.0. The SMILES string of the molecule is CC[C@H](C)C[P+]1(C)c2ccc3ccccc3c2-c2c1ccc1ccccc21. The van der Waals surface area contributed by atoms with Gasteiger partial charge < -0.3 is 0 Å². The predicted octanol–water partition coefficient (Wildman–Crippen LogP) is 6.62. The van der Waals surface area contributed by atoms with Gasteiger partial charge in [0.1, 0.15) is 10.6 Å². The number of rotatable bonds is 3. The third kappa shape index (κ3) is 2.40. The lowest BCUT2D eigenvalue weighted by atomic mass is 9.94. The Balaban J connectivity index is 1.93. The fourth-order valence-corrected chi connectivity index (χ4v) is 9.36. The number of hydrogen-bond donors (Lipinski definition) is 0. The average molecular weight is 369 g/mol. The molecule has 0 unspecified atom stereocenters. The van der Waals surface area contributed by atoms with Gasteiger partial charge in [0, 0.05) is 11.1 Å². The highest BCUT2D eigenvalue weighted by Crippen LogP contribution is 2.63. The molecule has 0 saturated heterocycles. The first kappa shape index (κ1) is 17.0. The summed E-state index contributed by atoms with van der Waals surface area (Å²) in [4.78, 5) is 0. The molecule has 0 aromatic heterocycles. The molecular formula is C26H26P+. The van der Waals surface area contributed by atoms with Crippen LogP contribution in [0.4, 0.5) is 0 Å². The van der Waals surface area contributed by atoms with Crippen LogP contribution in [0, 0.1) is 5.92 Å². The fourth-order valence-electron chi connectivity index (χ4n) is 4.95. The van der Waals surface area contributed by atoms with Crippen LogP contribution in [0.3, 0.4) is 0 Å². The van der Waals surface area contributed by atoms with Crippen LogP contribution in [0.5, 0.6) is 0 Å². The smallest absolute Gasteiger partial charge is 0.0650 e. The van der Waals surface area contributed by atoms with Crippen LogP contribution in [0.1, 0.15) is 20.3 Å². The summed E-state index contributed by atoms with van der Waals surface area (Å²) in [5, 5.41) is 8.78. The Kier molecular flexibility index (Phi) is 3.88. The number of benzene rings is 4. The second-order valence-corrected chi connectivity index (χ2v) is 12.0. The van der Waals surface area contributed by atoms with Crippen LogP contribution in [0.25, 0.3) is 32.7 Å². The van der Waals surface area contributed by atoms with Gasteiger partial charge in [0.2, 0.25) is 0 Å². The van der Waals surface area contributed by atoms with Gasteiger partial charge in [0.15, 0.2) is 0 Å². The molecule has 0 spiro atoms. The molecule has 0 fully saturated rings. The van der Waals surface area contributed by atoms with E-state index in [1.54, 1.807) is 10.6 Å². The monoisotopic (exact) mass is 369 g/mol. The predicted molar refractivity (Wildman–Crippen MR) is 123 cm³/mol. The lowest BCUT2D eigenvalue weighted by Crippen LogP contribution is -2.22. The summed E-state index contributed by atoms with van der Waals surface area (Å²) in [6, 6.07) is 27.4. The Hall–Kier alpha value is -2.17. The summed E-state index contributed by atoms with van der Waals surface area (Å²) < 4.78 is 0. The van der Waals surface area contributed by atoms with Crippen molar-refractivity contribution in [2.75, 3.05) is 12.8 Å². The Labute approximate surface area is 162 Å². The zero-order valence-electron chi connectivity index (χ0n) is 16.4. The summed E-state index contributed by atoms with van der Waals surface area (Å²) in [6.45, 7) is 7.33. The molecule has 0 nitrogen and oxygen atoms in total. The van der Waals surface area contributed by atoms with Crippen molar-refractivity contribution in [3.05, 3.63) is 72.8 Å². The van der Waals surface area contributed by atoms with Crippen molar-refractivity contribution in [2.24, 2.45) is 5.92 Å². The first-order chi connectivity index (χ1) is 13.1. The third-order valence-electron chi connectivity index (χ3n) is 6.50. The molecule has 0 bridgehead atoms. The van der Waals surface area contributed by atoms with E-state index in [9.17, 15) is 0 Å². The van der Waals surface area contributed by atoms with Crippen molar-refractivity contribution >= 4 is 39.4 Å². The van der Waals surface area contributed by atoms with Gasteiger partial charge in [-0.05, 0) is 39.6 Å². The maximum atomic E-state index is 2.58. The molecule has 1 aliphatic rings. The zero-order valence-corrected chi connectivity index (χ0v) is 17.3. The van der Waals surface area contributed by atoms with Crippen LogP contribution in [-0.4, -0.2) is 12.8 Å². The van der Waals surface area contributed by atoms with E-state index in [0.29, 0.717) is 0 Å². The largest absolute Gasteiger partial charge is 0.107 e. The highest BCUT2D eigenvalue weighted by Gasteiger charge is 2.48. The lowest BCUT2D eigenvalue weighted by Gasteiger charge is -2.23. The van der Waals surface area contributed by atoms with E-state index in [1.807, 2.05) is 0 Å². The summed E-state index contributed by atoms with van der Waals surface area (Å²) in [6.07, 6.45) is 2.56. The molecule has 5 rings (SSSR count). The van der Waals surface area contributed by atoms with Crippen molar-refractivity contribution in [1.29, 1.82) is 0 Å². The zero-order chi connectivity index (χ0) is 18.6. The lowest BCUT2D eigenvalue weighted by molar-refractivity contribution is 0.633. The molecule has 0 saturated carbocycles. The minimum Gasteiger partial charge on any atom is -0.0650 e. The fraction of sp³-hybridized carbons (Fsp3) is 0.231. The van der Waals surface area contributed by atoms with Gasteiger partial charge in [-0.2, -0.15) is 0 Å². The Morgan fingerprint density at radius 1 is 0.704 bits per heavy atom.